The average Bonchev–Trinajstić information content (AvgIpc) is 3.02. The SMILES string of the molecule is OCc1c(C2=NCc3ccccc3C2)ccc2c1OCO2. The van der Waals surface area contributed by atoms with Crippen LogP contribution in [0.4, 0.5) is 0 Å². The Morgan fingerprint density at radius 2 is 1.90 bits per heavy atom. The van der Waals surface area contributed by atoms with Crippen LogP contribution in [0.1, 0.15) is 22.3 Å². The highest BCUT2D eigenvalue weighted by Crippen LogP contribution is 2.38. The van der Waals surface area contributed by atoms with Crippen LogP contribution in [-0.4, -0.2) is 17.6 Å². The molecule has 1 N–H and O–H groups in total. The molecule has 0 bridgehead atoms. The summed E-state index contributed by atoms with van der Waals surface area (Å²) >= 11 is 0. The van der Waals surface area contributed by atoms with Crippen molar-refractivity contribution < 1.29 is 14.6 Å². The molecule has 4 rings (SSSR count). The van der Waals surface area contributed by atoms with Gasteiger partial charge in [0.25, 0.3) is 0 Å². The summed E-state index contributed by atoms with van der Waals surface area (Å²) in [5.41, 5.74) is 5.28. The molecule has 21 heavy (non-hydrogen) atoms. The molecule has 2 aliphatic heterocycles. The molecule has 4 heteroatoms. The fourth-order valence-corrected chi connectivity index (χ4v) is 2.94. The van der Waals surface area contributed by atoms with Gasteiger partial charge in [-0.3, -0.25) is 4.99 Å². The molecule has 0 atom stereocenters. The quantitative estimate of drug-likeness (QED) is 0.920. The van der Waals surface area contributed by atoms with Gasteiger partial charge in [0.15, 0.2) is 11.5 Å². The van der Waals surface area contributed by atoms with Crippen molar-refractivity contribution in [3.63, 3.8) is 0 Å². The first kappa shape index (κ1) is 12.4. The second-order valence-corrected chi connectivity index (χ2v) is 5.19. The molecule has 0 amide bonds. The third-order valence-corrected chi connectivity index (χ3v) is 4.03. The Hall–Kier alpha value is -2.33. The molecule has 2 aliphatic rings. The monoisotopic (exact) mass is 281 g/mol. The van der Waals surface area contributed by atoms with Crippen LogP contribution in [0.5, 0.6) is 11.5 Å². The van der Waals surface area contributed by atoms with Gasteiger partial charge in [-0.2, -0.15) is 0 Å². The van der Waals surface area contributed by atoms with Crippen molar-refractivity contribution in [2.75, 3.05) is 6.79 Å². The molecular weight excluding hydrogens is 266 g/mol. The van der Waals surface area contributed by atoms with Crippen molar-refractivity contribution in [1.29, 1.82) is 0 Å². The van der Waals surface area contributed by atoms with E-state index in [4.69, 9.17) is 9.47 Å². The maximum absolute atomic E-state index is 9.72. The Balaban J connectivity index is 1.77. The second-order valence-electron chi connectivity index (χ2n) is 5.19. The van der Waals surface area contributed by atoms with Gasteiger partial charge in [0.1, 0.15) is 0 Å². The highest BCUT2D eigenvalue weighted by atomic mass is 16.7. The highest BCUT2D eigenvalue weighted by Gasteiger charge is 2.23. The predicted octanol–water partition coefficient (Wildman–Crippen LogP) is 2.45. The Labute approximate surface area is 122 Å². The standard InChI is InChI=1S/C17H15NO3/c19-9-14-13(5-6-16-17(14)21-10-20-16)15-7-11-3-1-2-4-12(11)8-18-15/h1-6,19H,7-10H2. The van der Waals surface area contributed by atoms with E-state index in [9.17, 15) is 5.11 Å². The molecular formula is C17H15NO3. The molecule has 2 aromatic rings. The van der Waals surface area contributed by atoms with Crippen molar-refractivity contribution >= 4 is 5.71 Å². The number of hydrogen-bond donors (Lipinski definition) is 1. The fourth-order valence-electron chi connectivity index (χ4n) is 2.94. The van der Waals surface area contributed by atoms with Crippen molar-refractivity contribution in [3.8, 4) is 11.5 Å². The van der Waals surface area contributed by atoms with Crippen molar-refractivity contribution in [2.45, 2.75) is 19.6 Å². The van der Waals surface area contributed by atoms with Gasteiger partial charge in [0, 0.05) is 23.3 Å². The van der Waals surface area contributed by atoms with Crippen molar-refractivity contribution in [1.82, 2.24) is 0 Å². The van der Waals surface area contributed by atoms with Gasteiger partial charge in [0.05, 0.1) is 13.2 Å². The molecule has 2 aromatic carbocycles. The van der Waals surface area contributed by atoms with E-state index in [-0.39, 0.29) is 13.4 Å². The Morgan fingerprint density at radius 1 is 1.05 bits per heavy atom. The van der Waals surface area contributed by atoms with Crippen molar-refractivity contribution in [2.24, 2.45) is 4.99 Å². The van der Waals surface area contributed by atoms with E-state index < -0.39 is 0 Å². The van der Waals surface area contributed by atoms with Crippen LogP contribution in [0.2, 0.25) is 0 Å². The van der Waals surface area contributed by atoms with Gasteiger partial charge in [-0.25, -0.2) is 0 Å². The van der Waals surface area contributed by atoms with Crippen LogP contribution in [0.15, 0.2) is 41.4 Å². The molecule has 4 nitrogen and oxygen atoms in total. The fraction of sp³-hybridized carbons (Fsp3) is 0.235. The first-order chi connectivity index (χ1) is 10.4. The van der Waals surface area contributed by atoms with E-state index >= 15 is 0 Å². The van der Waals surface area contributed by atoms with Gasteiger partial charge in [0.2, 0.25) is 6.79 Å². The third-order valence-electron chi connectivity index (χ3n) is 4.03. The lowest BCUT2D eigenvalue weighted by Crippen LogP contribution is -2.15. The topological polar surface area (TPSA) is 51.1 Å². The number of benzene rings is 2. The van der Waals surface area contributed by atoms with Crippen LogP contribution in [0.25, 0.3) is 0 Å². The number of nitrogens with zero attached hydrogens (tertiary/aromatic N) is 1. The number of ether oxygens (including phenoxy) is 2. The lowest BCUT2D eigenvalue weighted by atomic mass is 9.92. The number of aliphatic imine (C=N–C) groups is 1. The lowest BCUT2D eigenvalue weighted by molar-refractivity contribution is 0.171. The Bertz CT molecular complexity index is 737. The predicted molar refractivity (Wildman–Crippen MR) is 78.9 cm³/mol. The smallest absolute Gasteiger partial charge is 0.231 e. The first-order valence-electron chi connectivity index (χ1n) is 6.99. The second kappa shape index (κ2) is 4.90. The molecule has 0 spiro atoms. The molecule has 0 saturated carbocycles. The van der Waals surface area contributed by atoms with E-state index in [0.29, 0.717) is 18.0 Å². The molecule has 0 aliphatic carbocycles. The molecule has 2 heterocycles. The molecule has 0 radical (unpaired) electrons. The zero-order valence-corrected chi connectivity index (χ0v) is 11.5. The van der Waals surface area contributed by atoms with Gasteiger partial charge in [-0.05, 0) is 23.3 Å². The summed E-state index contributed by atoms with van der Waals surface area (Å²) in [4.78, 5) is 4.68. The Kier molecular flexibility index (Phi) is 2.89. The molecule has 0 unspecified atom stereocenters. The molecule has 0 fully saturated rings. The summed E-state index contributed by atoms with van der Waals surface area (Å²) in [6.45, 7) is 0.814. The van der Waals surface area contributed by atoms with E-state index in [1.807, 2.05) is 24.3 Å². The number of aliphatic hydroxyl groups excluding tert-OH is 1. The minimum absolute atomic E-state index is 0.0808. The van der Waals surface area contributed by atoms with Crippen LogP contribution in [0.3, 0.4) is 0 Å². The maximum atomic E-state index is 9.72. The minimum Gasteiger partial charge on any atom is -0.454 e. The normalized spacial score (nSPS) is 15.6. The van der Waals surface area contributed by atoms with Crippen LogP contribution in [-0.2, 0) is 19.6 Å². The van der Waals surface area contributed by atoms with E-state index in [0.717, 1.165) is 23.3 Å². The number of hydrogen-bond acceptors (Lipinski definition) is 4. The largest absolute Gasteiger partial charge is 0.454 e. The molecule has 106 valence electrons. The van der Waals surface area contributed by atoms with Gasteiger partial charge in [-0.15, -0.1) is 0 Å². The minimum atomic E-state index is -0.0808. The number of aliphatic hydroxyl groups is 1. The average molecular weight is 281 g/mol. The summed E-state index contributed by atoms with van der Waals surface area (Å²) in [6.07, 6.45) is 0.781. The number of rotatable bonds is 2. The van der Waals surface area contributed by atoms with E-state index in [1.54, 1.807) is 0 Å². The van der Waals surface area contributed by atoms with Crippen LogP contribution in [0, 0.1) is 0 Å². The summed E-state index contributed by atoms with van der Waals surface area (Å²) < 4.78 is 10.9. The first-order valence-corrected chi connectivity index (χ1v) is 6.99. The number of fused-ring (bicyclic) bond motifs is 2. The zero-order chi connectivity index (χ0) is 14.2. The lowest BCUT2D eigenvalue weighted by Gasteiger charge is -2.18. The van der Waals surface area contributed by atoms with Gasteiger partial charge in [-0.1, -0.05) is 24.3 Å². The zero-order valence-electron chi connectivity index (χ0n) is 11.5. The van der Waals surface area contributed by atoms with Crippen LogP contribution >= 0.6 is 0 Å². The molecule has 0 aromatic heterocycles. The van der Waals surface area contributed by atoms with Crippen molar-refractivity contribution in [3.05, 3.63) is 58.7 Å². The van der Waals surface area contributed by atoms with Gasteiger partial charge >= 0.3 is 0 Å². The van der Waals surface area contributed by atoms with Crippen LogP contribution < -0.4 is 9.47 Å². The van der Waals surface area contributed by atoms with Gasteiger partial charge < -0.3 is 14.6 Å². The third kappa shape index (κ3) is 1.99. The summed E-state index contributed by atoms with van der Waals surface area (Å²) in [7, 11) is 0. The van der Waals surface area contributed by atoms with E-state index in [1.165, 1.54) is 11.1 Å². The summed E-state index contributed by atoms with van der Waals surface area (Å²) in [6, 6.07) is 12.2. The van der Waals surface area contributed by atoms with E-state index in [2.05, 4.69) is 17.1 Å². The Morgan fingerprint density at radius 3 is 2.76 bits per heavy atom. The summed E-state index contributed by atoms with van der Waals surface area (Å²) in [5.74, 6) is 1.34. The summed E-state index contributed by atoms with van der Waals surface area (Å²) in [5, 5.41) is 9.72. The highest BCUT2D eigenvalue weighted by molar-refractivity contribution is 6.04. The molecule has 0 saturated heterocycles. The maximum Gasteiger partial charge on any atom is 0.231 e.